The maximum atomic E-state index is 6.49. The van der Waals surface area contributed by atoms with Crippen molar-refractivity contribution in [2.24, 2.45) is 0 Å². The van der Waals surface area contributed by atoms with Crippen LogP contribution in [0.3, 0.4) is 0 Å². The second kappa shape index (κ2) is 14.3. The Balaban J connectivity index is 1.14. The van der Waals surface area contributed by atoms with E-state index >= 15 is 0 Å². The Morgan fingerprint density at radius 2 is 1.19 bits per heavy atom. The van der Waals surface area contributed by atoms with Gasteiger partial charge in [0.25, 0.3) is 0 Å². The lowest BCUT2D eigenvalue weighted by Gasteiger charge is -2.10. The van der Waals surface area contributed by atoms with Crippen LogP contribution in [0.1, 0.15) is 24.0 Å². The van der Waals surface area contributed by atoms with Gasteiger partial charge in [0.15, 0.2) is 17.5 Å². The quantitative estimate of drug-likeness (QED) is 0.155. The van der Waals surface area contributed by atoms with Crippen LogP contribution < -0.4 is 10.6 Å². The molecule has 4 aromatic heterocycles. The average Bonchev–Trinajstić information content (AvgIpc) is 3.94. The van der Waals surface area contributed by atoms with Gasteiger partial charge >= 0.3 is 0 Å². The average molecular weight is 749 g/mol. The van der Waals surface area contributed by atoms with Crippen molar-refractivity contribution in [3.8, 4) is 39.6 Å². The van der Waals surface area contributed by atoms with E-state index in [-0.39, 0.29) is 0 Å². The highest BCUT2D eigenvalue weighted by Gasteiger charge is 2.18. The number of fused-ring (bicyclic) bond motifs is 5. The van der Waals surface area contributed by atoms with E-state index in [4.69, 9.17) is 23.8 Å². The van der Waals surface area contributed by atoms with Crippen molar-refractivity contribution in [3.63, 3.8) is 0 Å². The molecular formula is C52H36N4O2. The molecule has 0 N–H and O–H groups in total. The predicted octanol–water partition coefficient (Wildman–Crippen LogP) is 11.9. The summed E-state index contributed by atoms with van der Waals surface area (Å²) in [4.78, 5) is 14.8. The van der Waals surface area contributed by atoms with E-state index in [0.717, 1.165) is 88.2 Å². The molecule has 6 nitrogen and oxygen atoms in total. The molecule has 0 unspecified atom stereocenters. The van der Waals surface area contributed by atoms with Crippen LogP contribution in [0.4, 0.5) is 0 Å². The van der Waals surface area contributed by atoms with E-state index in [1.165, 1.54) is 0 Å². The summed E-state index contributed by atoms with van der Waals surface area (Å²) in [5.74, 6) is 1.74. The summed E-state index contributed by atoms with van der Waals surface area (Å²) in [6, 6.07) is 47.4. The lowest BCUT2D eigenvalue weighted by molar-refractivity contribution is 0.575. The monoisotopic (exact) mass is 748 g/mol. The Labute approximate surface area is 334 Å². The summed E-state index contributed by atoms with van der Waals surface area (Å²) >= 11 is 0. The number of nitrogens with zero attached hydrogens (tertiary/aromatic N) is 4. The number of furan rings is 2. The molecule has 0 radical (unpaired) electrons. The first-order valence-electron chi connectivity index (χ1n) is 19.2. The number of rotatable bonds is 8. The van der Waals surface area contributed by atoms with Crippen molar-refractivity contribution in [1.82, 2.24) is 19.5 Å². The van der Waals surface area contributed by atoms with Gasteiger partial charge in [-0.25, -0.2) is 15.0 Å². The third-order valence-corrected chi connectivity index (χ3v) is 10.6. The molecule has 0 aliphatic carbocycles. The Hall–Kier alpha value is -7.83. The highest BCUT2D eigenvalue weighted by molar-refractivity contribution is 6.06. The van der Waals surface area contributed by atoms with Gasteiger partial charge in [0.2, 0.25) is 0 Å². The van der Waals surface area contributed by atoms with Crippen LogP contribution in [0.5, 0.6) is 0 Å². The Morgan fingerprint density at radius 3 is 1.90 bits per heavy atom. The third kappa shape index (κ3) is 5.95. The smallest absolute Gasteiger partial charge is 0.164 e. The largest absolute Gasteiger partial charge is 0.456 e. The Morgan fingerprint density at radius 1 is 0.552 bits per heavy atom. The predicted molar refractivity (Wildman–Crippen MR) is 239 cm³/mol. The van der Waals surface area contributed by atoms with E-state index in [9.17, 15) is 0 Å². The summed E-state index contributed by atoms with van der Waals surface area (Å²) < 4.78 is 14.9. The van der Waals surface area contributed by atoms with Crippen molar-refractivity contribution >= 4 is 68.1 Å². The lowest BCUT2D eigenvalue weighted by atomic mass is 10.0. The number of aromatic nitrogens is 4. The van der Waals surface area contributed by atoms with E-state index in [1.807, 2.05) is 134 Å². The summed E-state index contributed by atoms with van der Waals surface area (Å²) in [6.07, 6.45) is 11.8. The molecule has 0 aliphatic heterocycles. The second-order valence-electron chi connectivity index (χ2n) is 14.1. The topological polar surface area (TPSA) is 69.9 Å². The molecule has 10 aromatic rings. The van der Waals surface area contributed by atoms with Gasteiger partial charge in [-0.1, -0.05) is 122 Å². The summed E-state index contributed by atoms with van der Waals surface area (Å²) in [7, 11) is 0. The molecule has 0 bridgehead atoms. The minimum atomic E-state index is 0.535. The van der Waals surface area contributed by atoms with E-state index in [0.29, 0.717) is 22.9 Å². The molecule has 4 heterocycles. The molecule has 10 rings (SSSR count). The highest BCUT2D eigenvalue weighted by atomic mass is 16.3. The number of hydrogen-bond acceptors (Lipinski definition) is 5. The molecule has 6 heteroatoms. The van der Waals surface area contributed by atoms with E-state index in [2.05, 4.69) is 66.3 Å². The first-order chi connectivity index (χ1) is 28.6. The second-order valence-corrected chi connectivity index (χ2v) is 14.1. The Kier molecular flexibility index (Phi) is 8.57. The maximum Gasteiger partial charge on any atom is 0.164 e. The fraction of sp³-hybridized carbons (Fsp3) is 0.0192. The van der Waals surface area contributed by atoms with Crippen molar-refractivity contribution in [2.45, 2.75) is 6.92 Å². The van der Waals surface area contributed by atoms with Gasteiger partial charge < -0.3 is 13.4 Å². The summed E-state index contributed by atoms with van der Waals surface area (Å²) in [5, 5.41) is 5.06. The standard InChI is InChI=1S/C52H36N4O2/c1-4-7-21-47-43(32-50-53-51(33-16-10-8-11-17-33)55-52(54-50)34-18-12-9-13-19-34)41-30-36(24-27-48(41)58-47)35-23-26-45-40(29-35)38(5-2)44(6-3)56(45)37-25-28-49-42(31-37)39-20-14-15-22-46(39)57-49/h4-32H,2-3H2,1H3/b7-4-,43-32?,47-21+. The molecule has 276 valence electrons. The molecule has 0 atom stereocenters. The van der Waals surface area contributed by atoms with Gasteiger partial charge in [0.05, 0.1) is 11.2 Å². The molecule has 6 aromatic carbocycles. The van der Waals surface area contributed by atoms with Gasteiger partial charge in [-0.15, -0.1) is 0 Å². The number of para-hydroxylation sites is 1. The van der Waals surface area contributed by atoms with Crippen molar-refractivity contribution < 1.29 is 8.83 Å². The molecule has 0 spiro atoms. The zero-order valence-corrected chi connectivity index (χ0v) is 31.8. The van der Waals surface area contributed by atoms with Gasteiger partial charge in [-0.2, -0.15) is 0 Å². The lowest BCUT2D eigenvalue weighted by Crippen LogP contribution is -2.20. The highest BCUT2D eigenvalue weighted by Crippen LogP contribution is 2.37. The van der Waals surface area contributed by atoms with Crippen LogP contribution in [0, 0.1) is 0 Å². The number of benzene rings is 6. The fourth-order valence-corrected chi connectivity index (χ4v) is 7.85. The van der Waals surface area contributed by atoms with Gasteiger partial charge in [0.1, 0.15) is 22.2 Å². The van der Waals surface area contributed by atoms with Crippen LogP contribution in [0.2, 0.25) is 0 Å². The van der Waals surface area contributed by atoms with Crippen LogP contribution in [0.25, 0.3) is 108 Å². The molecule has 0 saturated carbocycles. The van der Waals surface area contributed by atoms with Crippen molar-refractivity contribution in [3.05, 3.63) is 193 Å². The molecular weight excluding hydrogens is 713 g/mol. The van der Waals surface area contributed by atoms with Crippen LogP contribution in [-0.4, -0.2) is 19.5 Å². The number of hydrogen-bond donors (Lipinski definition) is 0. The molecule has 58 heavy (non-hydrogen) atoms. The van der Waals surface area contributed by atoms with Crippen molar-refractivity contribution in [2.75, 3.05) is 0 Å². The minimum absolute atomic E-state index is 0.535. The molecule has 0 aliphatic rings. The first-order valence-corrected chi connectivity index (χ1v) is 19.2. The Bertz CT molecular complexity index is 3330. The number of allylic oxidation sites excluding steroid dienone is 2. The van der Waals surface area contributed by atoms with E-state index in [1.54, 1.807) is 0 Å². The molecule has 0 saturated heterocycles. The first kappa shape index (κ1) is 34.6. The molecule has 0 fully saturated rings. The van der Waals surface area contributed by atoms with Crippen LogP contribution in [-0.2, 0) is 0 Å². The van der Waals surface area contributed by atoms with Crippen LogP contribution >= 0.6 is 0 Å². The normalized spacial score (nSPS) is 12.5. The van der Waals surface area contributed by atoms with Crippen molar-refractivity contribution in [1.29, 1.82) is 0 Å². The molecule has 0 amide bonds. The van der Waals surface area contributed by atoms with E-state index < -0.39 is 0 Å². The van der Waals surface area contributed by atoms with Crippen LogP contribution in [0.15, 0.2) is 174 Å². The van der Waals surface area contributed by atoms with Gasteiger partial charge in [-0.3, -0.25) is 0 Å². The SMILES string of the molecule is C=Cc1c(C=C)n(-c2ccc3oc4ccccc4c3c2)c2ccc(-c3ccc4o/c(=C/C=C\C)c(=Cc5nc(-c6ccccc6)nc(-c6ccccc6)n5)c4c3)cc12. The summed E-state index contributed by atoms with van der Waals surface area (Å²) in [5.41, 5.74) is 11.2. The zero-order chi connectivity index (χ0) is 39.2. The van der Waals surface area contributed by atoms with Gasteiger partial charge in [-0.05, 0) is 84.8 Å². The fourth-order valence-electron chi connectivity index (χ4n) is 7.85. The van der Waals surface area contributed by atoms with Gasteiger partial charge in [0, 0.05) is 49.1 Å². The third-order valence-electron chi connectivity index (χ3n) is 10.6. The minimum Gasteiger partial charge on any atom is -0.456 e. The zero-order valence-electron chi connectivity index (χ0n) is 31.8. The summed E-state index contributed by atoms with van der Waals surface area (Å²) in [6.45, 7) is 10.4. The maximum absolute atomic E-state index is 6.49.